The number of rotatable bonds is 2. The molecule has 17 heavy (non-hydrogen) atoms. The molecule has 0 unspecified atom stereocenters. The first-order valence-corrected chi connectivity index (χ1v) is 5.90. The number of nitrogens with one attached hydrogen (secondary N) is 1. The summed E-state index contributed by atoms with van der Waals surface area (Å²) in [6.07, 6.45) is 0. The lowest BCUT2D eigenvalue weighted by Gasteiger charge is -1.97. The Morgan fingerprint density at radius 3 is 3.00 bits per heavy atom. The minimum Gasteiger partial charge on any atom is -0.495 e. The topological polar surface area (TPSA) is 76.8 Å². The normalized spacial score (nSPS) is 10.9. The number of imidazole rings is 1. The minimum absolute atomic E-state index is 0.466. The maximum Gasteiger partial charge on any atom is 0.180 e. The molecule has 86 valence electrons. The molecule has 3 aromatic heterocycles. The van der Waals surface area contributed by atoms with Crippen molar-refractivity contribution in [3.8, 4) is 16.5 Å². The van der Waals surface area contributed by atoms with Gasteiger partial charge in [0.05, 0.1) is 12.6 Å². The molecule has 0 fully saturated rings. The van der Waals surface area contributed by atoms with Crippen molar-refractivity contribution in [1.29, 1.82) is 0 Å². The summed E-state index contributed by atoms with van der Waals surface area (Å²) in [6, 6.07) is 5.53. The Morgan fingerprint density at radius 2 is 2.18 bits per heavy atom. The Hall–Kier alpha value is -2.08. The number of hydrogen-bond acceptors (Lipinski definition) is 5. The van der Waals surface area contributed by atoms with Crippen LogP contribution in [0.3, 0.4) is 0 Å². The van der Waals surface area contributed by atoms with Gasteiger partial charge < -0.3 is 15.5 Å². The van der Waals surface area contributed by atoms with Crippen molar-refractivity contribution < 1.29 is 4.74 Å². The van der Waals surface area contributed by atoms with E-state index in [1.54, 1.807) is 24.5 Å². The van der Waals surface area contributed by atoms with Gasteiger partial charge in [-0.1, -0.05) is 0 Å². The van der Waals surface area contributed by atoms with Crippen LogP contribution in [-0.2, 0) is 0 Å². The predicted octanol–water partition coefficient (Wildman–Crippen LogP) is 2.28. The van der Waals surface area contributed by atoms with Crippen molar-refractivity contribution in [1.82, 2.24) is 15.0 Å². The van der Waals surface area contributed by atoms with Crippen molar-refractivity contribution in [3.05, 3.63) is 23.6 Å². The van der Waals surface area contributed by atoms with E-state index in [9.17, 15) is 0 Å². The summed E-state index contributed by atoms with van der Waals surface area (Å²) in [5.41, 5.74) is 7.11. The zero-order chi connectivity index (χ0) is 11.8. The van der Waals surface area contributed by atoms with Gasteiger partial charge in [0.15, 0.2) is 11.5 Å². The van der Waals surface area contributed by atoms with Crippen molar-refractivity contribution in [2.75, 3.05) is 12.8 Å². The van der Waals surface area contributed by atoms with Gasteiger partial charge in [-0.2, -0.15) is 0 Å². The van der Waals surface area contributed by atoms with Crippen LogP contribution < -0.4 is 10.5 Å². The third-order valence-corrected chi connectivity index (χ3v) is 3.33. The quantitative estimate of drug-likeness (QED) is 0.727. The van der Waals surface area contributed by atoms with E-state index in [2.05, 4.69) is 15.0 Å². The molecular formula is C11H10N4OS. The molecule has 0 aliphatic rings. The van der Waals surface area contributed by atoms with E-state index in [-0.39, 0.29) is 0 Å². The lowest BCUT2D eigenvalue weighted by atomic mass is 10.4. The molecule has 3 aromatic rings. The van der Waals surface area contributed by atoms with Gasteiger partial charge in [0.2, 0.25) is 0 Å². The van der Waals surface area contributed by atoms with Crippen LogP contribution in [0.15, 0.2) is 23.6 Å². The average Bonchev–Trinajstić information content (AvgIpc) is 2.93. The zero-order valence-electron chi connectivity index (χ0n) is 9.10. The van der Waals surface area contributed by atoms with Crippen LogP contribution in [0.5, 0.6) is 5.75 Å². The molecule has 3 rings (SSSR count). The number of methoxy groups -OCH3 is 1. The molecule has 0 spiro atoms. The Balaban J connectivity index is 2.18. The second-order valence-corrected chi connectivity index (χ2v) is 4.43. The highest BCUT2D eigenvalue weighted by Gasteiger charge is 2.12. The first kappa shape index (κ1) is 10.1. The molecule has 0 aliphatic heterocycles. The van der Waals surface area contributed by atoms with E-state index in [0.29, 0.717) is 11.5 Å². The fraction of sp³-hybridized carbons (Fsp3) is 0.0909. The highest BCUT2D eigenvalue weighted by atomic mass is 32.1. The molecule has 0 radical (unpaired) electrons. The molecular weight excluding hydrogens is 236 g/mol. The fourth-order valence-corrected chi connectivity index (χ4v) is 2.45. The predicted molar refractivity (Wildman–Crippen MR) is 68.2 cm³/mol. The number of fused-ring (bicyclic) bond motifs is 1. The molecule has 0 atom stereocenters. The molecule has 3 heterocycles. The number of anilines is 1. The number of nitrogen functional groups attached to an aromatic ring is 1. The molecule has 3 N–H and O–H groups in total. The molecule has 0 saturated carbocycles. The first-order valence-electron chi connectivity index (χ1n) is 5.02. The maximum absolute atomic E-state index is 5.62. The number of thiophene rings is 1. The summed E-state index contributed by atoms with van der Waals surface area (Å²) in [7, 11) is 1.64. The number of nitrogens with zero attached hydrogens (tertiary/aromatic N) is 2. The molecule has 0 saturated heterocycles. The SMILES string of the molecule is COc1ccsc1-c1nc2nc(N)ccc2[nH]1. The summed E-state index contributed by atoms with van der Waals surface area (Å²) in [5, 5.41) is 1.96. The highest BCUT2D eigenvalue weighted by Crippen LogP contribution is 2.34. The van der Waals surface area contributed by atoms with Crippen molar-refractivity contribution >= 4 is 28.3 Å². The smallest absolute Gasteiger partial charge is 0.180 e. The van der Waals surface area contributed by atoms with E-state index in [1.165, 1.54) is 0 Å². The Labute approximate surface area is 101 Å². The molecule has 0 aromatic carbocycles. The van der Waals surface area contributed by atoms with E-state index in [4.69, 9.17) is 10.5 Å². The second-order valence-electron chi connectivity index (χ2n) is 3.51. The van der Waals surface area contributed by atoms with Crippen molar-refractivity contribution in [3.63, 3.8) is 0 Å². The van der Waals surface area contributed by atoms with Crippen molar-refractivity contribution in [2.24, 2.45) is 0 Å². The van der Waals surface area contributed by atoms with Crippen LogP contribution in [0, 0.1) is 0 Å². The second kappa shape index (κ2) is 3.74. The van der Waals surface area contributed by atoms with Gasteiger partial charge in [-0.3, -0.25) is 0 Å². The summed E-state index contributed by atoms with van der Waals surface area (Å²) < 4.78 is 5.26. The third kappa shape index (κ3) is 1.62. The average molecular weight is 246 g/mol. The Morgan fingerprint density at radius 1 is 1.29 bits per heavy atom. The lowest BCUT2D eigenvalue weighted by molar-refractivity contribution is 0.418. The van der Waals surface area contributed by atoms with Crippen LogP contribution >= 0.6 is 11.3 Å². The number of nitrogens with two attached hydrogens (primary N) is 1. The van der Waals surface area contributed by atoms with Crippen LogP contribution in [0.2, 0.25) is 0 Å². The molecule has 5 nitrogen and oxygen atoms in total. The van der Waals surface area contributed by atoms with Crippen LogP contribution in [0.25, 0.3) is 21.9 Å². The highest BCUT2D eigenvalue weighted by molar-refractivity contribution is 7.13. The largest absolute Gasteiger partial charge is 0.495 e. The monoisotopic (exact) mass is 246 g/mol. The van der Waals surface area contributed by atoms with Crippen molar-refractivity contribution in [2.45, 2.75) is 0 Å². The number of aromatic nitrogens is 3. The van der Waals surface area contributed by atoms with Gasteiger partial charge in [0, 0.05) is 0 Å². The Kier molecular flexibility index (Phi) is 2.22. The molecule has 6 heteroatoms. The van der Waals surface area contributed by atoms with Crippen LogP contribution in [0.4, 0.5) is 5.82 Å². The van der Waals surface area contributed by atoms with Gasteiger partial charge in [-0.25, -0.2) is 9.97 Å². The lowest BCUT2D eigenvalue weighted by Crippen LogP contribution is -1.88. The molecule has 0 aliphatic carbocycles. The summed E-state index contributed by atoms with van der Waals surface area (Å²) >= 11 is 1.57. The summed E-state index contributed by atoms with van der Waals surface area (Å²) in [5.74, 6) is 2.03. The number of hydrogen-bond donors (Lipinski definition) is 2. The standard InChI is InChI=1S/C11H10N4OS/c1-16-7-4-5-17-9(7)11-13-6-2-3-8(12)14-10(6)15-11/h2-5H,1H3,(H3,12,13,14,15). The third-order valence-electron chi connectivity index (χ3n) is 2.43. The fourth-order valence-electron chi connectivity index (χ4n) is 1.65. The van der Waals surface area contributed by atoms with Gasteiger partial charge in [0.1, 0.15) is 16.4 Å². The van der Waals surface area contributed by atoms with E-state index >= 15 is 0 Å². The van der Waals surface area contributed by atoms with Gasteiger partial charge in [-0.15, -0.1) is 11.3 Å². The maximum atomic E-state index is 5.62. The summed E-state index contributed by atoms with van der Waals surface area (Å²) in [4.78, 5) is 12.7. The van der Waals surface area contributed by atoms with Crippen LogP contribution in [-0.4, -0.2) is 22.1 Å². The summed E-state index contributed by atoms with van der Waals surface area (Å²) in [6.45, 7) is 0. The van der Waals surface area contributed by atoms with E-state index < -0.39 is 0 Å². The molecule has 0 bridgehead atoms. The number of H-pyrrole nitrogens is 1. The van der Waals surface area contributed by atoms with Gasteiger partial charge >= 0.3 is 0 Å². The van der Waals surface area contributed by atoms with Crippen LogP contribution in [0.1, 0.15) is 0 Å². The van der Waals surface area contributed by atoms with E-state index in [1.807, 2.05) is 17.5 Å². The van der Waals surface area contributed by atoms with Gasteiger partial charge in [-0.05, 0) is 23.6 Å². The first-order chi connectivity index (χ1) is 8.28. The molecule has 0 amide bonds. The number of ether oxygens (including phenoxy) is 1. The minimum atomic E-state index is 0.466. The zero-order valence-corrected chi connectivity index (χ0v) is 9.91. The van der Waals surface area contributed by atoms with E-state index in [0.717, 1.165) is 22.0 Å². The van der Waals surface area contributed by atoms with Gasteiger partial charge in [0.25, 0.3) is 0 Å². The number of pyridine rings is 1. The number of aromatic amines is 1. The Bertz CT molecular complexity index is 673.